The molecule has 2 unspecified atom stereocenters. The third-order valence-corrected chi connectivity index (χ3v) is 7.97. The molecule has 0 heterocycles. The van der Waals surface area contributed by atoms with Crippen LogP contribution in [0.3, 0.4) is 0 Å². The summed E-state index contributed by atoms with van der Waals surface area (Å²) in [6.07, 6.45) is 17.7. The Bertz CT molecular complexity index is 1430. The van der Waals surface area contributed by atoms with E-state index in [0.717, 1.165) is 19.3 Å². The van der Waals surface area contributed by atoms with E-state index in [1.807, 2.05) is 0 Å². The van der Waals surface area contributed by atoms with Gasteiger partial charge < -0.3 is 0 Å². The van der Waals surface area contributed by atoms with Crippen LogP contribution in [0.5, 0.6) is 0 Å². The molecule has 0 saturated heterocycles. The lowest BCUT2D eigenvalue weighted by atomic mass is 9.61. The maximum absolute atomic E-state index is 5.72. The summed E-state index contributed by atoms with van der Waals surface area (Å²) in [4.78, 5) is 0. The lowest BCUT2D eigenvalue weighted by molar-refractivity contribution is 0.343. The maximum atomic E-state index is 5.72. The maximum Gasteiger partial charge on any atom is 0.0252 e. The SMILES string of the molecule is C#CCCCC(C)(C1=c2ccccc2=C2C=CC=CC21)C1c2ccccc2-c2ccccc21. The van der Waals surface area contributed by atoms with Crippen molar-refractivity contribution in [2.24, 2.45) is 11.3 Å². The van der Waals surface area contributed by atoms with Crippen LogP contribution in [0.4, 0.5) is 0 Å². The summed E-state index contributed by atoms with van der Waals surface area (Å²) in [5.74, 6) is 3.53. The van der Waals surface area contributed by atoms with Gasteiger partial charge in [-0.25, -0.2) is 0 Å². The summed E-state index contributed by atoms with van der Waals surface area (Å²) >= 11 is 0. The monoisotopic (exact) mass is 424 g/mol. The van der Waals surface area contributed by atoms with Crippen LogP contribution < -0.4 is 10.4 Å². The second-order valence-electron chi connectivity index (χ2n) is 9.72. The molecule has 0 spiro atoms. The first kappa shape index (κ1) is 20.1. The normalized spacial score (nSPS) is 19.5. The van der Waals surface area contributed by atoms with Crippen LogP contribution in [-0.2, 0) is 0 Å². The Morgan fingerprint density at radius 1 is 0.818 bits per heavy atom. The molecule has 0 N–H and O–H groups in total. The third-order valence-electron chi connectivity index (χ3n) is 7.97. The largest absolute Gasteiger partial charge is 0.120 e. The lowest BCUT2D eigenvalue weighted by Crippen LogP contribution is -2.34. The van der Waals surface area contributed by atoms with E-state index in [1.54, 1.807) is 5.57 Å². The number of rotatable bonds is 5. The van der Waals surface area contributed by atoms with Gasteiger partial charge in [0, 0.05) is 23.7 Å². The third kappa shape index (κ3) is 2.93. The summed E-state index contributed by atoms with van der Waals surface area (Å²) in [6, 6.07) is 27.0. The molecule has 0 saturated carbocycles. The van der Waals surface area contributed by atoms with Gasteiger partial charge >= 0.3 is 0 Å². The average molecular weight is 425 g/mol. The predicted octanol–water partition coefficient (Wildman–Crippen LogP) is 6.37. The number of benzene rings is 3. The van der Waals surface area contributed by atoms with E-state index in [0.29, 0.717) is 11.8 Å². The minimum absolute atomic E-state index is 0.0579. The Morgan fingerprint density at radius 3 is 2.15 bits per heavy atom. The molecule has 3 aliphatic rings. The Labute approximate surface area is 196 Å². The molecule has 0 aromatic heterocycles. The quantitative estimate of drug-likeness (QED) is 0.330. The first-order valence-electron chi connectivity index (χ1n) is 12.0. The highest BCUT2D eigenvalue weighted by atomic mass is 14.5. The van der Waals surface area contributed by atoms with Crippen LogP contribution in [0.15, 0.2) is 97.1 Å². The van der Waals surface area contributed by atoms with E-state index in [2.05, 4.69) is 110 Å². The topological polar surface area (TPSA) is 0 Å². The number of hydrogen-bond acceptors (Lipinski definition) is 0. The van der Waals surface area contributed by atoms with E-state index in [4.69, 9.17) is 6.42 Å². The molecule has 3 aliphatic carbocycles. The van der Waals surface area contributed by atoms with Crippen LogP contribution in [0.2, 0.25) is 0 Å². The summed E-state index contributed by atoms with van der Waals surface area (Å²) in [6.45, 7) is 2.51. The Hall–Kier alpha value is -3.56. The van der Waals surface area contributed by atoms with Gasteiger partial charge in [0.2, 0.25) is 0 Å². The zero-order chi connectivity index (χ0) is 22.4. The molecule has 3 aromatic carbocycles. The van der Waals surface area contributed by atoms with Gasteiger partial charge in [0.15, 0.2) is 0 Å². The van der Waals surface area contributed by atoms with Crippen molar-refractivity contribution in [2.45, 2.75) is 32.1 Å². The Kier molecular flexibility index (Phi) is 4.74. The minimum atomic E-state index is -0.0579. The van der Waals surface area contributed by atoms with Gasteiger partial charge in [-0.3, -0.25) is 0 Å². The van der Waals surface area contributed by atoms with Crippen LogP contribution in [0, 0.1) is 23.7 Å². The van der Waals surface area contributed by atoms with Gasteiger partial charge in [0.1, 0.15) is 0 Å². The number of hydrogen-bond donors (Lipinski definition) is 0. The highest BCUT2D eigenvalue weighted by Gasteiger charge is 2.47. The molecule has 0 nitrogen and oxygen atoms in total. The van der Waals surface area contributed by atoms with E-state index in [1.165, 1.54) is 38.3 Å². The van der Waals surface area contributed by atoms with E-state index >= 15 is 0 Å². The van der Waals surface area contributed by atoms with E-state index < -0.39 is 0 Å². The summed E-state index contributed by atoms with van der Waals surface area (Å²) in [5, 5.41) is 2.81. The fourth-order valence-corrected chi connectivity index (χ4v) is 6.69. The Balaban J connectivity index is 1.65. The second kappa shape index (κ2) is 7.79. The number of unbranched alkanes of at least 4 members (excludes halogenated alkanes) is 1. The van der Waals surface area contributed by atoms with Gasteiger partial charge in [-0.05, 0) is 56.7 Å². The molecule has 0 heteroatoms. The predicted molar refractivity (Wildman–Crippen MR) is 139 cm³/mol. The first-order chi connectivity index (χ1) is 16.2. The molecule has 0 fully saturated rings. The van der Waals surface area contributed by atoms with Crippen molar-refractivity contribution in [1.29, 1.82) is 0 Å². The minimum Gasteiger partial charge on any atom is -0.120 e. The highest BCUT2D eigenvalue weighted by molar-refractivity contribution is 5.86. The zero-order valence-electron chi connectivity index (χ0n) is 19.1. The standard InChI is InChI=1S/C33H28/c1-3-4-13-22-33(2,31-27-18-9-5-14-23(27)24-15-6-10-19-28(24)31)32-29-20-11-7-16-25(29)26-17-8-12-21-30(26)32/h1,5-12,14-21,27,32H,4,13,22H2,2H3. The molecule has 0 aliphatic heterocycles. The van der Waals surface area contributed by atoms with Gasteiger partial charge in [-0.2, -0.15) is 0 Å². The highest BCUT2D eigenvalue weighted by Crippen LogP contribution is 2.59. The van der Waals surface area contributed by atoms with Gasteiger partial charge in [-0.15, -0.1) is 12.3 Å². The molecule has 0 bridgehead atoms. The van der Waals surface area contributed by atoms with Crippen LogP contribution in [0.1, 0.15) is 43.2 Å². The van der Waals surface area contributed by atoms with Gasteiger partial charge in [0.05, 0.1) is 0 Å². The van der Waals surface area contributed by atoms with E-state index in [9.17, 15) is 0 Å². The molecule has 0 radical (unpaired) electrons. The van der Waals surface area contributed by atoms with Crippen molar-refractivity contribution in [3.05, 3.63) is 119 Å². The van der Waals surface area contributed by atoms with Gasteiger partial charge in [-0.1, -0.05) is 104 Å². The van der Waals surface area contributed by atoms with Crippen molar-refractivity contribution >= 4 is 11.1 Å². The molecule has 3 aromatic rings. The van der Waals surface area contributed by atoms with Gasteiger partial charge in [0.25, 0.3) is 0 Å². The summed E-state index contributed by atoms with van der Waals surface area (Å²) in [5.41, 5.74) is 8.62. The smallest absolute Gasteiger partial charge is 0.0252 e. The van der Waals surface area contributed by atoms with Crippen LogP contribution >= 0.6 is 0 Å². The van der Waals surface area contributed by atoms with Crippen molar-refractivity contribution in [2.75, 3.05) is 0 Å². The molecule has 160 valence electrons. The molecular weight excluding hydrogens is 396 g/mol. The number of fused-ring (bicyclic) bond motifs is 5. The summed E-state index contributed by atoms with van der Waals surface area (Å²) in [7, 11) is 0. The Morgan fingerprint density at radius 2 is 1.45 bits per heavy atom. The second-order valence-corrected chi connectivity index (χ2v) is 9.72. The van der Waals surface area contributed by atoms with Crippen molar-refractivity contribution in [1.82, 2.24) is 0 Å². The fourth-order valence-electron chi connectivity index (χ4n) is 6.69. The van der Waals surface area contributed by atoms with Crippen molar-refractivity contribution in [3.63, 3.8) is 0 Å². The van der Waals surface area contributed by atoms with Crippen LogP contribution in [0.25, 0.3) is 22.3 Å². The average Bonchev–Trinajstić information content (AvgIpc) is 3.38. The summed E-state index contributed by atoms with van der Waals surface area (Å²) < 4.78 is 0. The first-order valence-corrected chi connectivity index (χ1v) is 12.0. The fraction of sp³-hybridized carbons (Fsp3) is 0.212. The lowest BCUT2D eigenvalue weighted by Gasteiger charge is -2.41. The molecule has 2 atom stereocenters. The van der Waals surface area contributed by atoms with Crippen molar-refractivity contribution < 1.29 is 0 Å². The molecule has 0 amide bonds. The number of allylic oxidation sites excluding steroid dienone is 4. The zero-order valence-corrected chi connectivity index (χ0v) is 19.1. The molecule has 6 rings (SSSR count). The van der Waals surface area contributed by atoms with Crippen molar-refractivity contribution in [3.8, 4) is 23.5 Å². The molecular formula is C33H28. The molecule has 33 heavy (non-hydrogen) atoms. The van der Waals surface area contributed by atoms with Crippen LogP contribution in [-0.4, -0.2) is 0 Å². The number of terminal acetylenes is 1. The van der Waals surface area contributed by atoms with E-state index in [-0.39, 0.29) is 5.41 Å².